The molecule has 0 saturated heterocycles. The Morgan fingerprint density at radius 2 is 1.03 bits per heavy atom. The van der Waals surface area contributed by atoms with Crippen molar-refractivity contribution in [1.29, 1.82) is 0 Å². The summed E-state index contributed by atoms with van der Waals surface area (Å²) in [6, 6.07) is 10.9. The molecule has 0 aliphatic heterocycles. The van der Waals surface area contributed by atoms with Crippen molar-refractivity contribution in [1.82, 2.24) is 0 Å². The fraction of sp³-hybridized carbons (Fsp3) is 0.774. The SMILES string of the molecule is CCCCCCCCCCCC(=O)OCCCCCCCCCCCCCc1ccccc1. The van der Waals surface area contributed by atoms with E-state index >= 15 is 0 Å². The molecule has 33 heavy (non-hydrogen) atoms. The Labute approximate surface area is 206 Å². The van der Waals surface area contributed by atoms with Crippen LogP contribution in [0, 0.1) is 0 Å². The second-order valence-corrected chi connectivity index (χ2v) is 9.92. The van der Waals surface area contributed by atoms with Crippen LogP contribution in [0.2, 0.25) is 0 Å². The van der Waals surface area contributed by atoms with Gasteiger partial charge in [0.1, 0.15) is 0 Å². The molecule has 0 N–H and O–H groups in total. The average Bonchev–Trinajstić information content (AvgIpc) is 2.84. The van der Waals surface area contributed by atoms with Gasteiger partial charge in [0.15, 0.2) is 0 Å². The summed E-state index contributed by atoms with van der Waals surface area (Å²) in [6.45, 7) is 2.89. The van der Waals surface area contributed by atoms with Crippen LogP contribution in [0.5, 0.6) is 0 Å². The van der Waals surface area contributed by atoms with E-state index in [4.69, 9.17) is 4.74 Å². The molecule has 0 radical (unpaired) electrons. The lowest BCUT2D eigenvalue weighted by atomic mass is 10.0. The number of benzene rings is 1. The van der Waals surface area contributed by atoms with Crippen LogP contribution >= 0.6 is 0 Å². The maximum Gasteiger partial charge on any atom is 0.305 e. The van der Waals surface area contributed by atoms with Crippen LogP contribution in [-0.4, -0.2) is 12.6 Å². The Morgan fingerprint density at radius 3 is 1.58 bits per heavy atom. The molecule has 0 fully saturated rings. The van der Waals surface area contributed by atoms with E-state index in [0.717, 1.165) is 12.8 Å². The standard InChI is InChI=1S/C31H54O2/c1-2-3-4-5-6-10-14-17-23-28-31(32)33-29-24-18-15-12-9-7-8-11-13-16-20-25-30-26-21-19-22-27-30/h19,21-22,26-27H,2-18,20,23-25,28-29H2,1H3. The maximum absolute atomic E-state index is 11.8. The molecule has 0 amide bonds. The van der Waals surface area contributed by atoms with E-state index in [1.165, 1.54) is 128 Å². The van der Waals surface area contributed by atoms with E-state index in [1.54, 1.807) is 0 Å². The summed E-state index contributed by atoms with van der Waals surface area (Å²) in [6.07, 6.45) is 27.9. The zero-order chi connectivity index (χ0) is 23.7. The summed E-state index contributed by atoms with van der Waals surface area (Å²) >= 11 is 0. The first kappa shape index (κ1) is 29.7. The van der Waals surface area contributed by atoms with Crippen molar-refractivity contribution < 1.29 is 9.53 Å². The number of aryl methyl sites for hydroxylation is 1. The van der Waals surface area contributed by atoms with Crippen molar-refractivity contribution in [2.24, 2.45) is 0 Å². The largest absolute Gasteiger partial charge is 0.466 e. The highest BCUT2D eigenvalue weighted by Gasteiger charge is 2.02. The van der Waals surface area contributed by atoms with Gasteiger partial charge in [-0.05, 0) is 31.2 Å². The molecule has 1 aromatic carbocycles. The molecule has 2 nitrogen and oxygen atoms in total. The summed E-state index contributed by atoms with van der Waals surface area (Å²) in [5.74, 6) is 0.0155. The van der Waals surface area contributed by atoms with Crippen LogP contribution in [0.3, 0.4) is 0 Å². The summed E-state index contributed by atoms with van der Waals surface area (Å²) in [4.78, 5) is 11.8. The van der Waals surface area contributed by atoms with Crippen molar-refractivity contribution in [2.45, 2.75) is 148 Å². The van der Waals surface area contributed by atoms with Crippen molar-refractivity contribution in [2.75, 3.05) is 6.61 Å². The Hall–Kier alpha value is -1.31. The average molecular weight is 459 g/mol. The molecule has 1 rings (SSSR count). The molecule has 190 valence electrons. The summed E-state index contributed by atoms with van der Waals surface area (Å²) in [7, 11) is 0. The van der Waals surface area contributed by atoms with E-state index < -0.39 is 0 Å². The molecule has 0 heterocycles. The zero-order valence-corrected chi connectivity index (χ0v) is 22.0. The predicted octanol–water partition coefficient (Wildman–Crippen LogP) is 9.98. The Morgan fingerprint density at radius 1 is 0.576 bits per heavy atom. The van der Waals surface area contributed by atoms with Crippen LogP contribution in [0.25, 0.3) is 0 Å². The molecule has 0 spiro atoms. The van der Waals surface area contributed by atoms with E-state index in [-0.39, 0.29) is 5.97 Å². The van der Waals surface area contributed by atoms with Crippen LogP contribution in [0.15, 0.2) is 30.3 Å². The van der Waals surface area contributed by atoms with E-state index in [1.807, 2.05) is 0 Å². The van der Waals surface area contributed by atoms with Crippen LogP contribution in [0.4, 0.5) is 0 Å². The number of hydrogen-bond donors (Lipinski definition) is 0. The van der Waals surface area contributed by atoms with Crippen LogP contribution < -0.4 is 0 Å². The number of ether oxygens (including phenoxy) is 1. The van der Waals surface area contributed by atoms with Gasteiger partial charge in [0.25, 0.3) is 0 Å². The quantitative estimate of drug-likeness (QED) is 0.114. The first-order valence-corrected chi connectivity index (χ1v) is 14.5. The van der Waals surface area contributed by atoms with Gasteiger partial charge in [0.05, 0.1) is 6.61 Å². The zero-order valence-electron chi connectivity index (χ0n) is 22.0. The van der Waals surface area contributed by atoms with Gasteiger partial charge in [0, 0.05) is 6.42 Å². The maximum atomic E-state index is 11.8. The molecule has 0 bridgehead atoms. The first-order valence-electron chi connectivity index (χ1n) is 14.5. The third-order valence-electron chi connectivity index (χ3n) is 6.70. The van der Waals surface area contributed by atoms with Gasteiger partial charge in [-0.15, -0.1) is 0 Å². The molecule has 0 saturated carbocycles. The lowest BCUT2D eigenvalue weighted by Gasteiger charge is -2.06. The normalized spacial score (nSPS) is 11.1. The molecule has 2 heteroatoms. The number of carbonyl (C=O) groups is 1. The minimum absolute atomic E-state index is 0.0155. The highest BCUT2D eigenvalue weighted by Crippen LogP contribution is 2.14. The molecule has 0 aromatic heterocycles. The fourth-order valence-corrected chi connectivity index (χ4v) is 4.51. The monoisotopic (exact) mass is 458 g/mol. The number of hydrogen-bond acceptors (Lipinski definition) is 2. The predicted molar refractivity (Wildman–Crippen MR) is 144 cm³/mol. The molecular formula is C31H54O2. The van der Waals surface area contributed by atoms with Crippen molar-refractivity contribution >= 4 is 5.97 Å². The Bertz CT molecular complexity index is 525. The summed E-state index contributed by atoms with van der Waals surface area (Å²) in [5.41, 5.74) is 1.48. The van der Waals surface area contributed by atoms with Crippen molar-refractivity contribution in [3.63, 3.8) is 0 Å². The minimum atomic E-state index is 0.0155. The lowest BCUT2D eigenvalue weighted by molar-refractivity contribution is -0.143. The van der Waals surface area contributed by atoms with Gasteiger partial charge in [-0.3, -0.25) is 4.79 Å². The second-order valence-electron chi connectivity index (χ2n) is 9.92. The highest BCUT2D eigenvalue weighted by atomic mass is 16.5. The number of carbonyl (C=O) groups excluding carboxylic acids is 1. The van der Waals surface area contributed by atoms with Crippen molar-refractivity contribution in [3.05, 3.63) is 35.9 Å². The number of rotatable bonds is 24. The molecule has 0 aliphatic carbocycles. The van der Waals surface area contributed by atoms with Crippen LogP contribution in [-0.2, 0) is 16.0 Å². The van der Waals surface area contributed by atoms with Crippen LogP contribution in [0.1, 0.15) is 147 Å². The van der Waals surface area contributed by atoms with Gasteiger partial charge >= 0.3 is 5.97 Å². The van der Waals surface area contributed by atoms with E-state index in [9.17, 15) is 4.79 Å². The van der Waals surface area contributed by atoms with E-state index in [0.29, 0.717) is 13.0 Å². The topological polar surface area (TPSA) is 26.3 Å². The third kappa shape index (κ3) is 21.0. The van der Waals surface area contributed by atoms with Gasteiger partial charge in [0.2, 0.25) is 0 Å². The first-order chi connectivity index (χ1) is 16.3. The Balaban J connectivity index is 1.71. The summed E-state index contributed by atoms with van der Waals surface area (Å²) in [5, 5.41) is 0. The molecular weight excluding hydrogens is 404 g/mol. The smallest absolute Gasteiger partial charge is 0.305 e. The van der Waals surface area contributed by atoms with Gasteiger partial charge in [-0.25, -0.2) is 0 Å². The fourth-order valence-electron chi connectivity index (χ4n) is 4.51. The number of unbranched alkanes of at least 4 members (excludes halogenated alkanes) is 18. The van der Waals surface area contributed by atoms with Gasteiger partial charge in [-0.1, -0.05) is 146 Å². The van der Waals surface area contributed by atoms with E-state index in [2.05, 4.69) is 37.3 Å². The van der Waals surface area contributed by atoms with Gasteiger partial charge < -0.3 is 4.74 Å². The molecule has 0 aliphatic rings. The number of esters is 1. The van der Waals surface area contributed by atoms with Gasteiger partial charge in [-0.2, -0.15) is 0 Å². The minimum Gasteiger partial charge on any atom is -0.466 e. The molecule has 0 atom stereocenters. The highest BCUT2D eigenvalue weighted by molar-refractivity contribution is 5.69. The molecule has 1 aromatic rings. The third-order valence-corrected chi connectivity index (χ3v) is 6.70. The molecule has 0 unspecified atom stereocenters. The van der Waals surface area contributed by atoms with Crippen molar-refractivity contribution in [3.8, 4) is 0 Å². The Kier molecular flexibility index (Phi) is 21.5. The lowest BCUT2D eigenvalue weighted by Crippen LogP contribution is -2.05. The summed E-state index contributed by atoms with van der Waals surface area (Å²) < 4.78 is 5.40. The second kappa shape index (κ2) is 23.8.